The molecule has 0 atom stereocenters. The highest BCUT2D eigenvalue weighted by Crippen LogP contribution is 2.27. The minimum absolute atomic E-state index is 0.0523. The third-order valence-electron chi connectivity index (χ3n) is 4.12. The molecule has 6 nitrogen and oxygen atoms in total. The molecule has 1 aromatic carbocycles. The summed E-state index contributed by atoms with van der Waals surface area (Å²) in [6, 6.07) is 9.57. The van der Waals surface area contributed by atoms with Crippen LogP contribution in [-0.4, -0.2) is 40.4 Å². The molecule has 0 aliphatic heterocycles. The zero-order valence-corrected chi connectivity index (χ0v) is 13.2. The Morgan fingerprint density at radius 2 is 1.87 bits per heavy atom. The first-order chi connectivity index (χ1) is 11.0. The maximum absolute atomic E-state index is 11.9. The first-order valence-electron chi connectivity index (χ1n) is 7.77. The Hall–Kier alpha value is -2.37. The van der Waals surface area contributed by atoms with Gasteiger partial charge in [-0.2, -0.15) is 0 Å². The Bertz CT molecular complexity index is 567. The second-order valence-corrected chi connectivity index (χ2v) is 5.95. The smallest absolute Gasteiger partial charge is 0.306 e. The molecule has 0 radical (unpaired) electrons. The van der Waals surface area contributed by atoms with Crippen molar-refractivity contribution in [1.82, 2.24) is 10.2 Å². The maximum Gasteiger partial charge on any atom is 0.306 e. The summed E-state index contributed by atoms with van der Waals surface area (Å²) in [5.74, 6) is -1.36. The Morgan fingerprint density at radius 1 is 1.22 bits per heavy atom. The lowest BCUT2D eigenvalue weighted by molar-refractivity contribution is -0.146. The van der Waals surface area contributed by atoms with Gasteiger partial charge in [-0.05, 0) is 18.4 Å². The number of hydrogen-bond acceptors (Lipinski definition) is 3. The van der Waals surface area contributed by atoms with Crippen LogP contribution in [0.25, 0.3) is 0 Å². The van der Waals surface area contributed by atoms with Gasteiger partial charge in [0.05, 0.1) is 5.92 Å². The van der Waals surface area contributed by atoms with Crippen LogP contribution in [0.4, 0.5) is 0 Å². The van der Waals surface area contributed by atoms with Crippen LogP contribution in [-0.2, 0) is 20.9 Å². The minimum atomic E-state index is -0.805. The van der Waals surface area contributed by atoms with Crippen LogP contribution in [0.3, 0.4) is 0 Å². The molecular weight excluding hydrogens is 296 g/mol. The van der Waals surface area contributed by atoms with E-state index in [1.165, 1.54) is 6.92 Å². The first kappa shape index (κ1) is 17.0. The van der Waals surface area contributed by atoms with Gasteiger partial charge in [0.15, 0.2) is 0 Å². The van der Waals surface area contributed by atoms with Gasteiger partial charge in [0, 0.05) is 32.5 Å². The number of rotatable bonds is 7. The van der Waals surface area contributed by atoms with Crippen molar-refractivity contribution < 1.29 is 19.5 Å². The van der Waals surface area contributed by atoms with Gasteiger partial charge in [0.25, 0.3) is 0 Å². The molecule has 2 N–H and O–H groups in total. The van der Waals surface area contributed by atoms with E-state index in [4.69, 9.17) is 5.11 Å². The lowest BCUT2D eigenvalue weighted by atomic mass is 9.80. The molecule has 2 rings (SSSR count). The third kappa shape index (κ3) is 5.09. The van der Waals surface area contributed by atoms with E-state index in [-0.39, 0.29) is 30.2 Å². The highest BCUT2D eigenvalue weighted by Gasteiger charge is 2.35. The summed E-state index contributed by atoms with van der Waals surface area (Å²) in [6.45, 7) is 2.32. The average Bonchev–Trinajstić information content (AvgIpc) is 2.47. The predicted octanol–water partition coefficient (Wildman–Crippen LogP) is 1.40. The quantitative estimate of drug-likeness (QED) is 0.796. The Balaban J connectivity index is 1.75. The zero-order valence-electron chi connectivity index (χ0n) is 13.2. The fraction of sp³-hybridized carbons (Fsp3) is 0.471. The summed E-state index contributed by atoms with van der Waals surface area (Å²) in [4.78, 5) is 36.0. The molecule has 1 aromatic rings. The minimum Gasteiger partial charge on any atom is -0.481 e. The predicted molar refractivity (Wildman–Crippen MR) is 84.4 cm³/mol. The number of carboxylic acid groups (broad SMARTS) is 1. The Morgan fingerprint density at radius 3 is 2.43 bits per heavy atom. The van der Waals surface area contributed by atoms with Crippen molar-refractivity contribution >= 4 is 17.8 Å². The molecule has 23 heavy (non-hydrogen) atoms. The SMILES string of the molecule is CC(=O)N(CCC(=O)NC1CC(C(=O)O)C1)Cc1ccccc1. The second-order valence-electron chi connectivity index (χ2n) is 5.95. The summed E-state index contributed by atoms with van der Waals surface area (Å²) in [5.41, 5.74) is 1.02. The summed E-state index contributed by atoms with van der Waals surface area (Å²) < 4.78 is 0. The first-order valence-corrected chi connectivity index (χ1v) is 7.77. The number of carbonyl (C=O) groups excluding carboxylic acids is 2. The van der Waals surface area contributed by atoms with Gasteiger partial charge in [0.2, 0.25) is 11.8 Å². The molecule has 6 heteroatoms. The molecule has 0 spiro atoms. The van der Waals surface area contributed by atoms with Gasteiger partial charge >= 0.3 is 5.97 Å². The van der Waals surface area contributed by atoms with E-state index < -0.39 is 5.97 Å². The van der Waals surface area contributed by atoms with Gasteiger partial charge in [-0.15, -0.1) is 0 Å². The van der Waals surface area contributed by atoms with E-state index in [0.29, 0.717) is 25.9 Å². The lowest BCUT2D eigenvalue weighted by Crippen LogP contribution is -2.47. The summed E-state index contributed by atoms with van der Waals surface area (Å²) in [6.07, 6.45) is 1.20. The number of carbonyl (C=O) groups is 3. The van der Waals surface area contributed by atoms with Gasteiger partial charge in [-0.1, -0.05) is 30.3 Å². The molecule has 0 bridgehead atoms. The van der Waals surface area contributed by atoms with Crippen LogP contribution in [0, 0.1) is 5.92 Å². The number of amides is 2. The van der Waals surface area contributed by atoms with Crippen LogP contribution in [0.5, 0.6) is 0 Å². The van der Waals surface area contributed by atoms with Gasteiger partial charge in [0.1, 0.15) is 0 Å². The molecule has 0 saturated heterocycles. The summed E-state index contributed by atoms with van der Waals surface area (Å²) >= 11 is 0. The number of nitrogens with zero attached hydrogens (tertiary/aromatic N) is 1. The molecule has 0 unspecified atom stereocenters. The van der Waals surface area contributed by atoms with Crippen molar-refractivity contribution in [2.75, 3.05) is 6.54 Å². The van der Waals surface area contributed by atoms with Crippen molar-refractivity contribution in [3.63, 3.8) is 0 Å². The Labute approximate surface area is 135 Å². The molecule has 0 aromatic heterocycles. The molecular formula is C17H22N2O4. The van der Waals surface area contributed by atoms with E-state index in [0.717, 1.165) is 5.56 Å². The van der Waals surface area contributed by atoms with E-state index >= 15 is 0 Å². The maximum atomic E-state index is 11.9. The van der Waals surface area contributed by atoms with Crippen LogP contribution in [0.15, 0.2) is 30.3 Å². The number of aliphatic carboxylic acids is 1. The lowest BCUT2D eigenvalue weighted by Gasteiger charge is -2.33. The van der Waals surface area contributed by atoms with Gasteiger partial charge in [-0.25, -0.2) is 0 Å². The fourth-order valence-corrected chi connectivity index (χ4v) is 2.63. The summed E-state index contributed by atoms with van der Waals surface area (Å²) in [5, 5.41) is 11.6. The number of benzene rings is 1. The third-order valence-corrected chi connectivity index (χ3v) is 4.12. The van der Waals surface area contributed by atoms with Crippen molar-refractivity contribution in [2.24, 2.45) is 5.92 Å². The molecule has 1 saturated carbocycles. The monoisotopic (exact) mass is 318 g/mol. The van der Waals surface area contributed by atoms with Crippen LogP contribution >= 0.6 is 0 Å². The number of hydrogen-bond donors (Lipinski definition) is 2. The number of nitrogens with one attached hydrogen (secondary N) is 1. The molecule has 2 amide bonds. The average molecular weight is 318 g/mol. The van der Waals surface area contributed by atoms with Crippen molar-refractivity contribution in [1.29, 1.82) is 0 Å². The molecule has 1 fully saturated rings. The molecule has 1 aliphatic carbocycles. The topological polar surface area (TPSA) is 86.7 Å². The molecule has 124 valence electrons. The summed E-state index contributed by atoms with van der Waals surface area (Å²) in [7, 11) is 0. The molecule has 1 aliphatic rings. The largest absolute Gasteiger partial charge is 0.481 e. The van der Waals surface area contributed by atoms with Crippen LogP contribution in [0.2, 0.25) is 0 Å². The second kappa shape index (κ2) is 7.76. The normalized spacial score (nSPS) is 19.5. The van der Waals surface area contributed by atoms with E-state index in [1.807, 2.05) is 30.3 Å². The Kier molecular flexibility index (Phi) is 5.73. The van der Waals surface area contributed by atoms with E-state index in [2.05, 4.69) is 5.32 Å². The van der Waals surface area contributed by atoms with Gasteiger partial charge in [-0.3, -0.25) is 14.4 Å². The van der Waals surface area contributed by atoms with Crippen LogP contribution in [0.1, 0.15) is 31.7 Å². The van der Waals surface area contributed by atoms with Crippen molar-refractivity contribution in [3.05, 3.63) is 35.9 Å². The standard InChI is InChI=1S/C17H22N2O4/c1-12(20)19(11-13-5-3-2-4-6-13)8-7-16(21)18-15-9-14(10-15)17(22)23/h2-6,14-15H,7-11H2,1H3,(H,18,21)(H,22,23). The van der Waals surface area contributed by atoms with Crippen molar-refractivity contribution in [3.8, 4) is 0 Å². The molecule has 0 heterocycles. The van der Waals surface area contributed by atoms with E-state index in [1.54, 1.807) is 4.90 Å². The fourth-order valence-electron chi connectivity index (χ4n) is 2.63. The highest BCUT2D eigenvalue weighted by atomic mass is 16.4. The van der Waals surface area contributed by atoms with Crippen molar-refractivity contribution in [2.45, 2.75) is 38.8 Å². The van der Waals surface area contributed by atoms with Gasteiger partial charge < -0.3 is 15.3 Å². The van der Waals surface area contributed by atoms with Crippen LogP contribution < -0.4 is 5.32 Å². The highest BCUT2D eigenvalue weighted by molar-refractivity contribution is 5.79. The van der Waals surface area contributed by atoms with E-state index in [9.17, 15) is 14.4 Å². The zero-order chi connectivity index (χ0) is 16.8. The number of carboxylic acids is 1.